The highest BCUT2D eigenvalue weighted by Gasteiger charge is 2.03. The summed E-state index contributed by atoms with van der Waals surface area (Å²) >= 11 is 0. The predicted octanol–water partition coefficient (Wildman–Crippen LogP) is 1.96. The molecule has 0 aliphatic rings. The number of nitrogens with one attached hydrogen (secondary N) is 4. The van der Waals surface area contributed by atoms with Crippen LogP contribution >= 0.6 is 0 Å². The SMILES string of the molecule is C=CCNC(=NCCCNC(C)=O)NCCc1c[nH]c2ccccc12. The van der Waals surface area contributed by atoms with Crippen molar-refractivity contribution in [3.05, 3.63) is 48.7 Å². The number of carbonyl (C=O) groups is 1. The minimum absolute atomic E-state index is 0.00848. The number of aliphatic imine (C=N–C) groups is 1. The number of aromatic amines is 1. The first-order valence-corrected chi connectivity index (χ1v) is 8.63. The van der Waals surface area contributed by atoms with Crippen molar-refractivity contribution in [2.24, 2.45) is 4.99 Å². The highest BCUT2D eigenvalue weighted by atomic mass is 16.1. The average Bonchev–Trinajstić information content (AvgIpc) is 3.02. The zero-order chi connectivity index (χ0) is 17.9. The smallest absolute Gasteiger partial charge is 0.216 e. The third kappa shape index (κ3) is 6.33. The maximum atomic E-state index is 10.8. The molecule has 0 radical (unpaired) electrons. The van der Waals surface area contributed by atoms with Crippen LogP contribution in [0.2, 0.25) is 0 Å². The minimum Gasteiger partial charge on any atom is -0.361 e. The molecule has 2 aromatic rings. The Balaban J connectivity index is 1.82. The molecule has 6 heteroatoms. The summed E-state index contributed by atoms with van der Waals surface area (Å²) in [6, 6.07) is 8.31. The van der Waals surface area contributed by atoms with E-state index in [1.165, 1.54) is 17.9 Å². The van der Waals surface area contributed by atoms with E-state index in [1.54, 1.807) is 6.08 Å². The lowest BCUT2D eigenvalue weighted by atomic mass is 10.1. The van der Waals surface area contributed by atoms with Gasteiger partial charge < -0.3 is 20.9 Å². The molecule has 0 spiro atoms. The van der Waals surface area contributed by atoms with Crippen molar-refractivity contribution in [1.82, 2.24) is 20.9 Å². The summed E-state index contributed by atoms with van der Waals surface area (Å²) < 4.78 is 0. The largest absolute Gasteiger partial charge is 0.361 e. The fraction of sp³-hybridized carbons (Fsp3) is 0.368. The van der Waals surface area contributed by atoms with E-state index in [2.05, 4.69) is 56.9 Å². The van der Waals surface area contributed by atoms with Gasteiger partial charge in [-0.1, -0.05) is 24.3 Å². The lowest BCUT2D eigenvalue weighted by molar-refractivity contribution is -0.118. The van der Waals surface area contributed by atoms with Crippen molar-refractivity contribution < 1.29 is 4.79 Å². The molecule has 0 fully saturated rings. The molecule has 0 bridgehead atoms. The summed E-state index contributed by atoms with van der Waals surface area (Å²) in [5, 5.41) is 10.6. The second kappa shape index (κ2) is 10.2. The van der Waals surface area contributed by atoms with Crippen molar-refractivity contribution in [1.29, 1.82) is 0 Å². The van der Waals surface area contributed by atoms with Crippen LogP contribution in [0.3, 0.4) is 0 Å². The maximum absolute atomic E-state index is 10.8. The fourth-order valence-electron chi connectivity index (χ4n) is 2.53. The number of hydrogen-bond donors (Lipinski definition) is 4. The Hall–Kier alpha value is -2.76. The number of fused-ring (bicyclic) bond motifs is 1. The highest BCUT2D eigenvalue weighted by Crippen LogP contribution is 2.17. The Morgan fingerprint density at radius 2 is 2.08 bits per heavy atom. The van der Waals surface area contributed by atoms with Crippen molar-refractivity contribution in [3.8, 4) is 0 Å². The monoisotopic (exact) mass is 341 g/mol. The van der Waals surface area contributed by atoms with Crippen molar-refractivity contribution in [3.63, 3.8) is 0 Å². The molecule has 134 valence electrons. The van der Waals surface area contributed by atoms with E-state index in [0.29, 0.717) is 19.6 Å². The van der Waals surface area contributed by atoms with Gasteiger partial charge in [-0.2, -0.15) is 0 Å². The number of hydrogen-bond acceptors (Lipinski definition) is 2. The van der Waals surface area contributed by atoms with Crippen molar-refractivity contribution in [2.75, 3.05) is 26.2 Å². The van der Waals surface area contributed by atoms with Gasteiger partial charge in [0.25, 0.3) is 0 Å². The van der Waals surface area contributed by atoms with E-state index in [9.17, 15) is 4.79 Å². The summed E-state index contributed by atoms with van der Waals surface area (Å²) in [6.45, 7) is 7.98. The van der Waals surface area contributed by atoms with Gasteiger partial charge in [0.05, 0.1) is 0 Å². The van der Waals surface area contributed by atoms with E-state index < -0.39 is 0 Å². The van der Waals surface area contributed by atoms with E-state index in [1.807, 2.05) is 6.07 Å². The topological polar surface area (TPSA) is 81.3 Å². The molecule has 0 aliphatic heterocycles. The highest BCUT2D eigenvalue weighted by molar-refractivity contribution is 5.83. The standard InChI is InChI=1S/C19H27N5O/c1-3-10-21-19(22-12-6-11-20-15(2)25)23-13-9-16-14-24-18-8-5-4-7-17(16)18/h3-5,7-8,14,24H,1,6,9-13H2,2H3,(H,20,25)(H2,21,22,23). The van der Waals surface area contributed by atoms with Gasteiger partial charge in [-0.25, -0.2) is 0 Å². The number of amides is 1. The van der Waals surface area contributed by atoms with Crippen LogP contribution in [0.1, 0.15) is 18.9 Å². The van der Waals surface area contributed by atoms with Gasteiger partial charge in [-0.15, -0.1) is 6.58 Å². The number of rotatable bonds is 9. The molecule has 1 aromatic carbocycles. The first-order valence-electron chi connectivity index (χ1n) is 8.63. The zero-order valence-electron chi connectivity index (χ0n) is 14.8. The van der Waals surface area contributed by atoms with E-state index in [4.69, 9.17) is 0 Å². The van der Waals surface area contributed by atoms with Crippen LogP contribution in [0.5, 0.6) is 0 Å². The molecule has 0 saturated heterocycles. The molecular weight excluding hydrogens is 314 g/mol. The molecule has 1 amide bonds. The molecule has 1 heterocycles. The summed E-state index contributed by atoms with van der Waals surface area (Å²) in [5.41, 5.74) is 2.45. The molecule has 0 unspecified atom stereocenters. The molecule has 4 N–H and O–H groups in total. The van der Waals surface area contributed by atoms with Crippen molar-refractivity contribution in [2.45, 2.75) is 19.8 Å². The van der Waals surface area contributed by atoms with Crippen LogP contribution in [0.25, 0.3) is 10.9 Å². The van der Waals surface area contributed by atoms with Gasteiger partial charge in [0.1, 0.15) is 0 Å². The third-order valence-corrected chi connectivity index (χ3v) is 3.75. The van der Waals surface area contributed by atoms with Gasteiger partial charge in [0.2, 0.25) is 5.91 Å². The number of carbonyl (C=O) groups excluding carboxylic acids is 1. The third-order valence-electron chi connectivity index (χ3n) is 3.75. The summed E-state index contributed by atoms with van der Waals surface area (Å²) in [7, 11) is 0. The summed E-state index contributed by atoms with van der Waals surface area (Å²) in [4.78, 5) is 18.7. The Labute approximate surface area is 148 Å². The number of benzene rings is 1. The zero-order valence-corrected chi connectivity index (χ0v) is 14.8. The van der Waals surface area contributed by atoms with Crippen LogP contribution in [-0.2, 0) is 11.2 Å². The van der Waals surface area contributed by atoms with Gasteiger partial charge in [-0.3, -0.25) is 9.79 Å². The molecule has 25 heavy (non-hydrogen) atoms. The molecule has 1 aromatic heterocycles. The predicted molar refractivity (Wildman–Crippen MR) is 104 cm³/mol. The second-order valence-corrected chi connectivity index (χ2v) is 5.77. The van der Waals surface area contributed by atoms with Gasteiger partial charge in [-0.05, 0) is 24.5 Å². The van der Waals surface area contributed by atoms with E-state index >= 15 is 0 Å². The Morgan fingerprint density at radius 3 is 2.88 bits per heavy atom. The fourth-order valence-corrected chi connectivity index (χ4v) is 2.53. The van der Waals surface area contributed by atoms with E-state index in [-0.39, 0.29) is 5.91 Å². The van der Waals surface area contributed by atoms with E-state index in [0.717, 1.165) is 30.9 Å². The lowest BCUT2D eigenvalue weighted by Crippen LogP contribution is -2.38. The Bertz CT molecular complexity index is 719. The Kier molecular flexibility index (Phi) is 7.56. The van der Waals surface area contributed by atoms with Crippen molar-refractivity contribution >= 4 is 22.8 Å². The maximum Gasteiger partial charge on any atom is 0.216 e. The molecule has 2 rings (SSSR count). The number of H-pyrrole nitrogens is 1. The molecule has 0 aliphatic carbocycles. The molecular formula is C19H27N5O. The summed E-state index contributed by atoms with van der Waals surface area (Å²) in [6.07, 6.45) is 5.58. The number of nitrogens with zero attached hydrogens (tertiary/aromatic N) is 1. The number of para-hydroxylation sites is 1. The first kappa shape index (κ1) is 18.6. The van der Waals surface area contributed by atoms with Crippen LogP contribution in [-0.4, -0.2) is 43.0 Å². The van der Waals surface area contributed by atoms with Gasteiger partial charge >= 0.3 is 0 Å². The average molecular weight is 341 g/mol. The number of aromatic nitrogens is 1. The lowest BCUT2D eigenvalue weighted by Gasteiger charge is -2.11. The molecule has 6 nitrogen and oxygen atoms in total. The quantitative estimate of drug-likeness (QED) is 0.244. The number of guanidine groups is 1. The first-order chi connectivity index (χ1) is 12.2. The molecule has 0 saturated carbocycles. The normalized spacial score (nSPS) is 11.3. The van der Waals surface area contributed by atoms with Crippen LogP contribution < -0.4 is 16.0 Å². The Morgan fingerprint density at radius 1 is 1.24 bits per heavy atom. The minimum atomic E-state index is -0.00848. The summed E-state index contributed by atoms with van der Waals surface area (Å²) in [5.74, 6) is 0.758. The van der Waals surface area contributed by atoms with Gasteiger partial charge in [0, 0.05) is 50.2 Å². The van der Waals surface area contributed by atoms with Crippen LogP contribution in [0, 0.1) is 0 Å². The van der Waals surface area contributed by atoms with Crippen LogP contribution in [0.15, 0.2) is 48.1 Å². The van der Waals surface area contributed by atoms with Gasteiger partial charge in [0.15, 0.2) is 5.96 Å². The second-order valence-electron chi connectivity index (χ2n) is 5.77. The van der Waals surface area contributed by atoms with Crippen LogP contribution in [0.4, 0.5) is 0 Å². The molecule has 0 atom stereocenters.